The van der Waals surface area contributed by atoms with Crippen LogP contribution in [0.1, 0.15) is 16.7 Å². The quantitative estimate of drug-likeness (QED) is 0.196. The van der Waals surface area contributed by atoms with Gasteiger partial charge < -0.3 is 4.55 Å². The molecule has 27 heavy (non-hydrogen) atoms. The summed E-state index contributed by atoms with van der Waals surface area (Å²) in [6.45, 7) is 6.38. The average molecular weight is 517 g/mol. The lowest BCUT2D eigenvalue weighted by atomic mass is 10.1. The summed E-state index contributed by atoms with van der Waals surface area (Å²) in [5.41, 5.74) is -1.56. The summed E-state index contributed by atoms with van der Waals surface area (Å²) in [6, 6.07) is 11.3. The van der Waals surface area contributed by atoms with E-state index in [9.17, 15) is 23.3 Å². The molecule has 2 aromatic carbocycles. The molecule has 0 N–H and O–H groups in total. The molecule has 0 heterocycles. The highest BCUT2D eigenvalue weighted by Gasteiger charge is 2.36. The third kappa shape index (κ3) is 7.07. The predicted molar refractivity (Wildman–Crippen MR) is 86.9 cm³/mol. The van der Waals surface area contributed by atoms with E-state index in [-0.39, 0.29) is 31.8 Å². The molecule has 0 aromatic heterocycles. The molecule has 0 aliphatic carbocycles. The van der Waals surface area contributed by atoms with Gasteiger partial charge in [-0.2, -0.15) is 13.2 Å². The molecule has 2 aromatic rings. The van der Waals surface area contributed by atoms with Crippen LogP contribution in [-0.2, 0) is 10.1 Å². The molecule has 0 fully saturated rings. The highest BCUT2D eigenvalue weighted by molar-refractivity contribution is 7.86. The van der Waals surface area contributed by atoms with Crippen LogP contribution < -0.4 is 21.2 Å². The van der Waals surface area contributed by atoms with Gasteiger partial charge in [-0.05, 0) is 32.9 Å². The number of non-ortho nitro benzene ring substituents is 1. The van der Waals surface area contributed by atoms with Crippen LogP contribution in [-0.4, -0.2) is 23.4 Å². The number of benzene rings is 2. The van der Waals surface area contributed by atoms with Gasteiger partial charge in [0.05, 0.1) is 4.92 Å². The molecular weight excluding hydrogens is 502 g/mol. The van der Waals surface area contributed by atoms with Crippen LogP contribution in [0, 0.1) is 38.0 Å². The summed E-state index contributed by atoms with van der Waals surface area (Å²) < 4.78 is 61.5. The Morgan fingerprint density at radius 1 is 1.00 bits per heavy atom. The molecule has 2 rings (SSSR count). The van der Waals surface area contributed by atoms with Crippen molar-refractivity contribution in [3.63, 3.8) is 0 Å². The van der Waals surface area contributed by atoms with E-state index in [0.29, 0.717) is 0 Å². The van der Waals surface area contributed by atoms with Gasteiger partial charge >= 0.3 is 26.7 Å². The Labute approximate surface area is 164 Å². The van der Waals surface area contributed by atoms with E-state index < -0.39 is 15.6 Å². The molecule has 0 unspecified atom stereocenters. The Morgan fingerprint density at radius 3 is 1.74 bits per heavy atom. The second-order valence-electron chi connectivity index (χ2n) is 5.44. The lowest BCUT2D eigenvalue weighted by Crippen LogP contribution is -3.62. The topological polar surface area (TPSA) is 100 Å². The zero-order valence-electron chi connectivity index (χ0n) is 14.4. The number of nitrogens with zero attached hydrogens (tertiary/aromatic N) is 1. The van der Waals surface area contributed by atoms with E-state index >= 15 is 0 Å². The third-order valence-corrected chi connectivity index (χ3v) is 7.26. The van der Waals surface area contributed by atoms with Gasteiger partial charge in [0, 0.05) is 23.3 Å². The minimum atomic E-state index is -6.09. The molecule has 0 bridgehead atoms. The summed E-state index contributed by atoms with van der Waals surface area (Å²) in [7, 11) is -6.09. The van der Waals surface area contributed by atoms with E-state index in [2.05, 4.69) is 32.9 Å². The van der Waals surface area contributed by atoms with Crippen molar-refractivity contribution in [2.24, 2.45) is 0 Å². The van der Waals surface area contributed by atoms with Crippen LogP contribution in [0.5, 0.6) is 0 Å². The molecular formula is C16H15F3INO5S. The molecule has 11 heteroatoms. The van der Waals surface area contributed by atoms with Crippen molar-refractivity contribution >= 4 is 15.8 Å². The van der Waals surface area contributed by atoms with E-state index in [1.807, 2.05) is 12.1 Å². The van der Waals surface area contributed by atoms with E-state index in [1.54, 1.807) is 12.1 Å². The molecule has 0 saturated carbocycles. The maximum Gasteiger partial charge on any atom is 0.485 e. The van der Waals surface area contributed by atoms with Crippen molar-refractivity contribution in [2.45, 2.75) is 26.3 Å². The van der Waals surface area contributed by atoms with E-state index in [4.69, 9.17) is 13.0 Å². The van der Waals surface area contributed by atoms with Gasteiger partial charge in [-0.15, -0.1) is 0 Å². The van der Waals surface area contributed by atoms with Crippen LogP contribution in [0.3, 0.4) is 0 Å². The monoisotopic (exact) mass is 517 g/mol. The molecule has 0 saturated heterocycles. The van der Waals surface area contributed by atoms with Crippen LogP contribution in [0.2, 0.25) is 0 Å². The van der Waals surface area contributed by atoms with E-state index in [1.165, 1.54) is 23.8 Å². The Hall–Kier alpha value is -1.73. The SMILES string of the molecule is Cc1cc(C)c([I+]c2ccc([N+](=O)[O-])cc2)c(C)c1.O=S(=O)([O-])C(F)(F)F. The lowest BCUT2D eigenvalue weighted by molar-refractivity contribution is -0.598. The van der Waals surface area contributed by atoms with Crippen molar-refractivity contribution in [3.05, 3.63) is 70.3 Å². The predicted octanol–water partition coefficient (Wildman–Crippen LogP) is 0.700. The van der Waals surface area contributed by atoms with Gasteiger partial charge in [0.25, 0.3) is 5.69 Å². The largest absolute Gasteiger partial charge is 0.741 e. The number of nitro benzene ring substituents is 1. The number of nitro groups is 1. The van der Waals surface area contributed by atoms with Crippen molar-refractivity contribution in [1.82, 2.24) is 0 Å². The maximum absolute atomic E-state index is 10.7. The summed E-state index contributed by atoms with van der Waals surface area (Å²) in [5, 5.41) is 10.6. The average Bonchev–Trinajstić information content (AvgIpc) is 2.50. The molecule has 0 amide bonds. The minimum Gasteiger partial charge on any atom is -0.741 e. The van der Waals surface area contributed by atoms with Crippen molar-refractivity contribution in [1.29, 1.82) is 0 Å². The Morgan fingerprint density at radius 2 is 1.41 bits per heavy atom. The first-order chi connectivity index (χ1) is 12.2. The van der Waals surface area contributed by atoms with Gasteiger partial charge in [-0.1, -0.05) is 17.7 Å². The minimum absolute atomic E-state index is 0.158. The Bertz CT molecular complexity index is 905. The molecule has 6 nitrogen and oxygen atoms in total. The standard InChI is InChI=1S/C15H15INO2.CHF3O3S/c1-10-8-11(2)15(12(3)9-10)16-13-4-6-14(7-5-13)17(18)19;2-1(3,4)8(5,6)7/h4-9H,1-3H3;(H,5,6,7)/q+1;/p-1. The first-order valence-corrected chi connectivity index (χ1v) is 10.8. The fourth-order valence-electron chi connectivity index (χ4n) is 2.05. The van der Waals surface area contributed by atoms with Crippen LogP contribution in [0.25, 0.3) is 0 Å². The summed E-state index contributed by atoms with van der Waals surface area (Å²) in [5.74, 6) is 0. The number of aryl methyl sites for hydroxylation is 3. The lowest BCUT2D eigenvalue weighted by Gasteiger charge is -2.08. The zero-order chi connectivity index (χ0) is 21.0. The molecule has 0 aliphatic rings. The normalized spacial score (nSPS) is 11.5. The van der Waals surface area contributed by atoms with Crippen molar-refractivity contribution in [2.75, 3.05) is 0 Å². The first-order valence-electron chi connectivity index (χ1n) is 7.21. The van der Waals surface area contributed by atoms with E-state index in [0.717, 1.165) is 0 Å². The second kappa shape index (κ2) is 8.97. The number of hydrogen-bond donors (Lipinski definition) is 0. The number of alkyl halides is 3. The van der Waals surface area contributed by atoms with Gasteiger partial charge in [-0.25, -0.2) is 8.42 Å². The second-order valence-corrected chi connectivity index (χ2v) is 9.68. The highest BCUT2D eigenvalue weighted by atomic mass is 127. The molecule has 0 spiro atoms. The van der Waals surface area contributed by atoms with Crippen molar-refractivity contribution in [3.8, 4) is 0 Å². The summed E-state index contributed by atoms with van der Waals surface area (Å²) in [4.78, 5) is 10.3. The fourth-order valence-corrected chi connectivity index (χ4v) is 4.55. The summed E-state index contributed by atoms with van der Waals surface area (Å²) >= 11 is -0.283. The van der Waals surface area contributed by atoms with Gasteiger partial charge in [0.15, 0.2) is 17.3 Å². The van der Waals surface area contributed by atoms with Gasteiger partial charge in [-0.3, -0.25) is 10.1 Å². The van der Waals surface area contributed by atoms with Crippen LogP contribution in [0.15, 0.2) is 36.4 Å². The van der Waals surface area contributed by atoms with Gasteiger partial charge in [0.1, 0.15) is 0 Å². The maximum atomic E-state index is 10.7. The fraction of sp³-hybridized carbons (Fsp3) is 0.250. The number of hydrogen-bond acceptors (Lipinski definition) is 5. The number of halogens is 4. The Kier molecular flexibility index (Phi) is 7.75. The molecule has 148 valence electrons. The highest BCUT2D eigenvalue weighted by Crippen LogP contribution is 2.20. The smallest absolute Gasteiger partial charge is 0.485 e. The molecule has 0 atom stereocenters. The van der Waals surface area contributed by atoms with Crippen LogP contribution >= 0.6 is 0 Å². The molecule has 0 radical (unpaired) electrons. The van der Waals surface area contributed by atoms with Gasteiger partial charge in [0.2, 0.25) is 0 Å². The summed E-state index contributed by atoms with van der Waals surface area (Å²) in [6.07, 6.45) is 0. The molecule has 0 aliphatic heterocycles. The zero-order valence-corrected chi connectivity index (χ0v) is 17.3. The third-order valence-electron chi connectivity index (χ3n) is 3.11. The van der Waals surface area contributed by atoms with Crippen LogP contribution in [0.4, 0.5) is 18.9 Å². The number of rotatable bonds is 3. The van der Waals surface area contributed by atoms with Crippen molar-refractivity contribution < 1.29 is 52.3 Å². The Balaban J connectivity index is 0.000000387. The first kappa shape index (κ1) is 23.3.